The van der Waals surface area contributed by atoms with Crippen LogP contribution in [0, 0.1) is 5.82 Å². The fraction of sp³-hybridized carbons (Fsp3) is 0.400. The van der Waals surface area contributed by atoms with Crippen LogP contribution in [0.25, 0.3) is 0 Å². The molecular weight excluding hydrogens is 291 g/mol. The number of carboxylic acids is 1. The number of carboxylic acid groups (broad SMARTS) is 1. The zero-order valence-electron chi connectivity index (χ0n) is 12.3. The van der Waals surface area contributed by atoms with Crippen LogP contribution >= 0.6 is 0 Å². The maximum atomic E-state index is 13.5. The topological polar surface area (TPSA) is 95.5 Å². The molecule has 0 heterocycles. The lowest BCUT2D eigenvalue weighted by Crippen LogP contribution is -2.20. The van der Waals surface area contributed by atoms with Gasteiger partial charge in [-0.05, 0) is 31.0 Å². The first-order valence-electron chi connectivity index (χ1n) is 6.97. The maximum absolute atomic E-state index is 13.5. The summed E-state index contributed by atoms with van der Waals surface area (Å²) in [6, 6.07) is 3.23. The molecule has 0 atom stereocenters. The van der Waals surface area contributed by atoms with Crippen molar-refractivity contribution < 1.29 is 23.9 Å². The second-order valence-electron chi connectivity index (χ2n) is 4.84. The Morgan fingerprint density at radius 1 is 1.18 bits per heavy atom. The van der Waals surface area contributed by atoms with Crippen molar-refractivity contribution in [2.75, 3.05) is 11.9 Å². The lowest BCUT2D eigenvalue weighted by atomic mass is 10.1. The Morgan fingerprint density at radius 3 is 2.55 bits per heavy atom. The molecule has 0 aromatic heterocycles. The number of amides is 2. The van der Waals surface area contributed by atoms with Gasteiger partial charge in [-0.15, -0.1) is 0 Å². The Hall–Kier alpha value is -2.44. The molecule has 22 heavy (non-hydrogen) atoms. The van der Waals surface area contributed by atoms with Crippen LogP contribution < -0.4 is 10.6 Å². The number of unbranched alkanes of at least 4 members (excludes halogenated alkanes) is 2. The predicted octanol–water partition coefficient (Wildman–Crippen LogP) is 2.16. The van der Waals surface area contributed by atoms with E-state index in [1.165, 1.54) is 6.92 Å². The summed E-state index contributed by atoms with van der Waals surface area (Å²) in [5.41, 5.74) is -0.227. The van der Waals surface area contributed by atoms with E-state index in [0.29, 0.717) is 13.0 Å². The van der Waals surface area contributed by atoms with E-state index in [1.807, 2.05) is 0 Å². The first kappa shape index (κ1) is 17.6. The summed E-state index contributed by atoms with van der Waals surface area (Å²) >= 11 is 0. The highest BCUT2D eigenvalue weighted by atomic mass is 19.1. The van der Waals surface area contributed by atoms with Crippen molar-refractivity contribution in [2.24, 2.45) is 0 Å². The third-order valence-corrected chi connectivity index (χ3v) is 2.94. The molecule has 0 bridgehead atoms. The molecular formula is C15H19FN2O4. The fourth-order valence-corrected chi connectivity index (χ4v) is 1.82. The zero-order chi connectivity index (χ0) is 16.5. The number of hydrogen-bond acceptors (Lipinski definition) is 3. The van der Waals surface area contributed by atoms with E-state index in [1.54, 1.807) is 0 Å². The SMILES string of the molecule is CC(=O)NCCCCCC(=O)Nc1cc(C(=O)O)ccc1F. The summed E-state index contributed by atoms with van der Waals surface area (Å²) in [5.74, 6) is -2.33. The summed E-state index contributed by atoms with van der Waals surface area (Å²) in [6.07, 6.45) is 2.32. The highest BCUT2D eigenvalue weighted by Gasteiger charge is 2.11. The predicted molar refractivity (Wildman–Crippen MR) is 79.1 cm³/mol. The molecule has 0 saturated carbocycles. The number of benzene rings is 1. The van der Waals surface area contributed by atoms with E-state index in [2.05, 4.69) is 10.6 Å². The summed E-state index contributed by atoms with van der Waals surface area (Å²) in [4.78, 5) is 33.1. The third kappa shape index (κ3) is 6.34. The Morgan fingerprint density at radius 2 is 1.91 bits per heavy atom. The van der Waals surface area contributed by atoms with Crippen LogP contribution in [-0.4, -0.2) is 29.4 Å². The standard InChI is InChI=1S/C15H19FN2O4/c1-10(19)17-8-4-2-3-5-14(20)18-13-9-11(15(21)22)6-7-12(13)16/h6-7,9H,2-5,8H2,1H3,(H,17,19)(H,18,20)(H,21,22). The van der Waals surface area contributed by atoms with Gasteiger partial charge in [-0.2, -0.15) is 0 Å². The monoisotopic (exact) mass is 310 g/mol. The number of rotatable bonds is 8. The van der Waals surface area contributed by atoms with Crippen LogP contribution in [0.15, 0.2) is 18.2 Å². The van der Waals surface area contributed by atoms with Gasteiger partial charge in [0.25, 0.3) is 0 Å². The fourth-order valence-electron chi connectivity index (χ4n) is 1.82. The molecule has 0 aliphatic carbocycles. The maximum Gasteiger partial charge on any atom is 0.335 e. The van der Waals surface area contributed by atoms with Gasteiger partial charge < -0.3 is 15.7 Å². The number of carbonyl (C=O) groups is 3. The van der Waals surface area contributed by atoms with E-state index in [9.17, 15) is 18.8 Å². The van der Waals surface area contributed by atoms with Gasteiger partial charge in [0, 0.05) is 19.9 Å². The van der Waals surface area contributed by atoms with Crippen LogP contribution in [0.5, 0.6) is 0 Å². The Bertz CT molecular complexity index is 560. The van der Waals surface area contributed by atoms with Gasteiger partial charge in [-0.1, -0.05) is 6.42 Å². The summed E-state index contributed by atoms with van der Waals surface area (Å²) in [5, 5.41) is 13.9. The number of carbonyl (C=O) groups excluding carboxylic acids is 2. The number of anilines is 1. The lowest BCUT2D eigenvalue weighted by molar-refractivity contribution is -0.119. The molecule has 0 spiro atoms. The smallest absolute Gasteiger partial charge is 0.335 e. The molecule has 3 N–H and O–H groups in total. The molecule has 2 amide bonds. The summed E-state index contributed by atoms with van der Waals surface area (Å²) in [6.45, 7) is 2.00. The molecule has 7 heteroatoms. The van der Waals surface area contributed by atoms with Crippen LogP contribution in [-0.2, 0) is 9.59 Å². The zero-order valence-corrected chi connectivity index (χ0v) is 12.3. The van der Waals surface area contributed by atoms with Gasteiger partial charge in [0.05, 0.1) is 11.3 Å². The number of hydrogen-bond donors (Lipinski definition) is 3. The molecule has 0 aliphatic heterocycles. The Balaban J connectivity index is 2.37. The largest absolute Gasteiger partial charge is 0.478 e. The molecule has 1 aromatic rings. The number of aromatic carboxylic acids is 1. The molecule has 0 fully saturated rings. The molecule has 0 saturated heterocycles. The van der Waals surface area contributed by atoms with Gasteiger partial charge in [0.1, 0.15) is 5.82 Å². The normalized spacial score (nSPS) is 10.1. The highest BCUT2D eigenvalue weighted by molar-refractivity contribution is 5.94. The second-order valence-corrected chi connectivity index (χ2v) is 4.84. The Labute approximate surface area is 127 Å². The molecule has 0 unspecified atom stereocenters. The molecule has 0 radical (unpaired) electrons. The van der Waals surface area contributed by atoms with Crippen molar-refractivity contribution in [3.8, 4) is 0 Å². The lowest BCUT2D eigenvalue weighted by Gasteiger charge is -2.07. The van der Waals surface area contributed by atoms with E-state index in [0.717, 1.165) is 31.0 Å². The van der Waals surface area contributed by atoms with E-state index < -0.39 is 11.8 Å². The third-order valence-electron chi connectivity index (χ3n) is 2.94. The van der Waals surface area contributed by atoms with Gasteiger partial charge in [-0.25, -0.2) is 9.18 Å². The number of nitrogens with one attached hydrogen (secondary N) is 2. The Kier molecular flexibility index (Phi) is 7.01. The van der Waals surface area contributed by atoms with Crippen molar-refractivity contribution >= 4 is 23.5 Å². The average Bonchev–Trinajstić information content (AvgIpc) is 2.44. The van der Waals surface area contributed by atoms with Crippen LogP contribution in [0.4, 0.5) is 10.1 Å². The van der Waals surface area contributed by atoms with Crippen LogP contribution in [0.1, 0.15) is 43.0 Å². The van der Waals surface area contributed by atoms with Gasteiger partial charge in [0.2, 0.25) is 11.8 Å². The first-order chi connectivity index (χ1) is 10.4. The minimum atomic E-state index is -1.19. The van der Waals surface area contributed by atoms with Crippen molar-refractivity contribution in [3.63, 3.8) is 0 Å². The van der Waals surface area contributed by atoms with Crippen molar-refractivity contribution in [1.29, 1.82) is 0 Å². The van der Waals surface area contributed by atoms with Crippen molar-refractivity contribution in [3.05, 3.63) is 29.6 Å². The van der Waals surface area contributed by atoms with Gasteiger partial charge in [0.15, 0.2) is 0 Å². The van der Waals surface area contributed by atoms with E-state index in [-0.39, 0.29) is 29.5 Å². The molecule has 1 rings (SSSR count). The van der Waals surface area contributed by atoms with Crippen LogP contribution in [0.2, 0.25) is 0 Å². The first-order valence-corrected chi connectivity index (χ1v) is 6.97. The molecule has 0 aliphatic rings. The minimum Gasteiger partial charge on any atom is -0.478 e. The highest BCUT2D eigenvalue weighted by Crippen LogP contribution is 2.17. The van der Waals surface area contributed by atoms with Crippen molar-refractivity contribution in [2.45, 2.75) is 32.6 Å². The quantitative estimate of drug-likeness (QED) is 0.641. The summed E-state index contributed by atoms with van der Waals surface area (Å²) in [7, 11) is 0. The van der Waals surface area contributed by atoms with Gasteiger partial charge >= 0.3 is 5.97 Å². The summed E-state index contributed by atoms with van der Waals surface area (Å²) < 4.78 is 13.5. The van der Waals surface area contributed by atoms with Gasteiger partial charge in [-0.3, -0.25) is 9.59 Å². The molecule has 120 valence electrons. The van der Waals surface area contributed by atoms with Crippen LogP contribution in [0.3, 0.4) is 0 Å². The minimum absolute atomic E-state index is 0.0907. The molecule has 1 aromatic carbocycles. The second kappa shape index (κ2) is 8.76. The van der Waals surface area contributed by atoms with E-state index >= 15 is 0 Å². The molecule has 6 nitrogen and oxygen atoms in total. The number of halogens is 1. The van der Waals surface area contributed by atoms with Crippen molar-refractivity contribution in [1.82, 2.24) is 5.32 Å². The van der Waals surface area contributed by atoms with E-state index in [4.69, 9.17) is 5.11 Å². The average molecular weight is 310 g/mol.